The normalized spacial score (nSPS) is 9.83. The number of hydrogen-bond donors (Lipinski definition) is 1. The predicted molar refractivity (Wildman–Crippen MR) is 69.7 cm³/mol. The standard InChI is InChI=1S/C14H14N2O2/c1-2-11-10-12(8-9-15-11)16-14(17)18-13-6-4-3-5-7-13/h3-10H,2H2,1H3,(H,15,16,17). The van der Waals surface area contributed by atoms with Crippen molar-refractivity contribution in [2.45, 2.75) is 13.3 Å². The lowest BCUT2D eigenvalue weighted by Crippen LogP contribution is -2.16. The van der Waals surface area contributed by atoms with Crippen LogP contribution in [0.1, 0.15) is 12.6 Å². The van der Waals surface area contributed by atoms with Gasteiger partial charge in [0.25, 0.3) is 0 Å². The number of carbonyl (C=O) groups is 1. The molecule has 92 valence electrons. The minimum atomic E-state index is -0.505. The SMILES string of the molecule is CCc1cc(NC(=O)Oc2ccccc2)ccn1. The second-order valence-corrected chi connectivity index (χ2v) is 3.72. The van der Waals surface area contributed by atoms with E-state index in [2.05, 4.69) is 10.3 Å². The van der Waals surface area contributed by atoms with Gasteiger partial charge in [-0.2, -0.15) is 0 Å². The number of rotatable bonds is 3. The summed E-state index contributed by atoms with van der Waals surface area (Å²) >= 11 is 0. The topological polar surface area (TPSA) is 51.2 Å². The Morgan fingerprint density at radius 2 is 2.06 bits per heavy atom. The summed E-state index contributed by atoms with van der Waals surface area (Å²) in [5.74, 6) is 0.514. The quantitative estimate of drug-likeness (QED) is 0.898. The molecule has 1 aromatic heterocycles. The van der Waals surface area contributed by atoms with Crippen molar-refractivity contribution in [3.63, 3.8) is 0 Å². The summed E-state index contributed by atoms with van der Waals surface area (Å²) in [6.45, 7) is 2.01. The molecule has 0 fully saturated rings. The van der Waals surface area contributed by atoms with Gasteiger partial charge >= 0.3 is 6.09 Å². The minimum Gasteiger partial charge on any atom is -0.410 e. The van der Waals surface area contributed by atoms with Gasteiger partial charge in [-0.25, -0.2) is 4.79 Å². The highest BCUT2D eigenvalue weighted by Crippen LogP contribution is 2.12. The van der Waals surface area contributed by atoms with E-state index in [9.17, 15) is 4.79 Å². The summed E-state index contributed by atoms with van der Waals surface area (Å²) in [6, 6.07) is 12.5. The van der Waals surface area contributed by atoms with Crippen LogP contribution in [0, 0.1) is 0 Å². The Hall–Kier alpha value is -2.36. The molecule has 2 aromatic rings. The fourth-order valence-electron chi connectivity index (χ4n) is 1.49. The number of ether oxygens (including phenoxy) is 1. The van der Waals surface area contributed by atoms with E-state index in [-0.39, 0.29) is 0 Å². The lowest BCUT2D eigenvalue weighted by molar-refractivity contribution is 0.215. The molecule has 0 saturated heterocycles. The first-order chi connectivity index (χ1) is 8.78. The highest BCUT2D eigenvalue weighted by atomic mass is 16.6. The maximum atomic E-state index is 11.6. The van der Waals surface area contributed by atoms with Crippen LogP contribution in [0.2, 0.25) is 0 Å². The van der Waals surface area contributed by atoms with E-state index in [1.807, 2.05) is 31.2 Å². The zero-order valence-electron chi connectivity index (χ0n) is 10.1. The predicted octanol–water partition coefficient (Wildman–Crippen LogP) is 3.25. The Labute approximate surface area is 106 Å². The number of pyridine rings is 1. The van der Waals surface area contributed by atoms with Crippen molar-refractivity contribution in [1.82, 2.24) is 4.98 Å². The smallest absolute Gasteiger partial charge is 0.410 e. The molecule has 1 amide bonds. The number of aryl methyl sites for hydroxylation is 1. The van der Waals surface area contributed by atoms with E-state index in [0.29, 0.717) is 11.4 Å². The van der Waals surface area contributed by atoms with Crippen molar-refractivity contribution in [1.29, 1.82) is 0 Å². The monoisotopic (exact) mass is 242 g/mol. The van der Waals surface area contributed by atoms with Crippen LogP contribution in [-0.2, 0) is 6.42 Å². The Bertz CT molecular complexity index is 526. The van der Waals surface area contributed by atoms with Crippen LogP contribution in [0.15, 0.2) is 48.7 Å². The Morgan fingerprint density at radius 3 is 2.78 bits per heavy atom. The van der Waals surface area contributed by atoms with Crippen LogP contribution in [-0.4, -0.2) is 11.1 Å². The van der Waals surface area contributed by atoms with Crippen molar-refractivity contribution in [3.05, 3.63) is 54.4 Å². The number of carbonyl (C=O) groups excluding carboxylic acids is 1. The molecule has 1 N–H and O–H groups in total. The number of anilines is 1. The zero-order valence-corrected chi connectivity index (χ0v) is 10.1. The Balaban J connectivity index is 1.99. The van der Waals surface area contributed by atoms with E-state index in [4.69, 9.17) is 4.74 Å². The molecule has 0 bridgehead atoms. The van der Waals surface area contributed by atoms with Gasteiger partial charge in [-0.1, -0.05) is 25.1 Å². The van der Waals surface area contributed by atoms with Gasteiger partial charge in [-0.05, 0) is 30.7 Å². The van der Waals surface area contributed by atoms with E-state index >= 15 is 0 Å². The maximum absolute atomic E-state index is 11.6. The van der Waals surface area contributed by atoms with Gasteiger partial charge in [0.2, 0.25) is 0 Å². The van der Waals surface area contributed by atoms with Gasteiger partial charge in [0.05, 0.1) is 0 Å². The van der Waals surface area contributed by atoms with Crippen molar-refractivity contribution < 1.29 is 9.53 Å². The highest BCUT2D eigenvalue weighted by molar-refractivity contribution is 5.86. The summed E-state index contributed by atoms with van der Waals surface area (Å²) in [4.78, 5) is 15.8. The molecule has 4 heteroatoms. The second kappa shape index (κ2) is 5.82. The first-order valence-electron chi connectivity index (χ1n) is 5.76. The molecule has 0 spiro atoms. The number of amides is 1. The summed E-state index contributed by atoms with van der Waals surface area (Å²) in [5.41, 5.74) is 1.61. The van der Waals surface area contributed by atoms with Gasteiger partial charge in [0.15, 0.2) is 0 Å². The molecular formula is C14H14N2O2. The van der Waals surface area contributed by atoms with Crippen LogP contribution in [0.5, 0.6) is 5.75 Å². The third-order valence-corrected chi connectivity index (χ3v) is 2.38. The molecule has 0 aliphatic rings. The summed E-state index contributed by atoms with van der Waals surface area (Å²) in [7, 11) is 0. The van der Waals surface area contributed by atoms with E-state index in [0.717, 1.165) is 12.1 Å². The highest BCUT2D eigenvalue weighted by Gasteiger charge is 2.05. The average molecular weight is 242 g/mol. The molecule has 1 heterocycles. The molecule has 4 nitrogen and oxygen atoms in total. The maximum Gasteiger partial charge on any atom is 0.417 e. The summed E-state index contributed by atoms with van der Waals surface area (Å²) in [6.07, 6.45) is 1.98. The number of para-hydroxylation sites is 1. The number of benzene rings is 1. The van der Waals surface area contributed by atoms with Crippen LogP contribution >= 0.6 is 0 Å². The molecule has 18 heavy (non-hydrogen) atoms. The third-order valence-electron chi connectivity index (χ3n) is 2.38. The average Bonchev–Trinajstić information content (AvgIpc) is 2.40. The first-order valence-corrected chi connectivity index (χ1v) is 5.76. The molecule has 0 saturated carbocycles. The number of hydrogen-bond acceptors (Lipinski definition) is 3. The van der Waals surface area contributed by atoms with E-state index in [1.165, 1.54) is 0 Å². The Kier molecular flexibility index (Phi) is 3.91. The lowest BCUT2D eigenvalue weighted by Gasteiger charge is -2.07. The number of aromatic nitrogens is 1. The third kappa shape index (κ3) is 3.31. The van der Waals surface area contributed by atoms with Crippen LogP contribution in [0.3, 0.4) is 0 Å². The summed E-state index contributed by atoms with van der Waals surface area (Å²) < 4.78 is 5.12. The van der Waals surface area contributed by atoms with Crippen LogP contribution in [0.4, 0.5) is 10.5 Å². The lowest BCUT2D eigenvalue weighted by atomic mass is 10.3. The fourth-order valence-corrected chi connectivity index (χ4v) is 1.49. The number of nitrogens with one attached hydrogen (secondary N) is 1. The molecule has 0 atom stereocenters. The minimum absolute atomic E-state index is 0.505. The fraction of sp³-hybridized carbons (Fsp3) is 0.143. The zero-order chi connectivity index (χ0) is 12.8. The summed E-state index contributed by atoms with van der Waals surface area (Å²) in [5, 5.41) is 2.66. The molecule has 0 unspecified atom stereocenters. The van der Waals surface area contributed by atoms with Crippen LogP contribution < -0.4 is 10.1 Å². The van der Waals surface area contributed by atoms with E-state index < -0.39 is 6.09 Å². The van der Waals surface area contributed by atoms with Crippen molar-refractivity contribution >= 4 is 11.8 Å². The van der Waals surface area contributed by atoms with Crippen molar-refractivity contribution in [2.75, 3.05) is 5.32 Å². The molecular weight excluding hydrogens is 228 g/mol. The molecule has 1 aromatic carbocycles. The molecule has 0 aliphatic heterocycles. The Morgan fingerprint density at radius 1 is 1.28 bits per heavy atom. The van der Waals surface area contributed by atoms with Gasteiger partial charge in [0, 0.05) is 17.6 Å². The van der Waals surface area contributed by atoms with Crippen molar-refractivity contribution in [2.24, 2.45) is 0 Å². The second-order valence-electron chi connectivity index (χ2n) is 3.72. The molecule has 0 aliphatic carbocycles. The van der Waals surface area contributed by atoms with Crippen molar-refractivity contribution in [3.8, 4) is 5.75 Å². The van der Waals surface area contributed by atoms with Gasteiger partial charge in [-0.15, -0.1) is 0 Å². The van der Waals surface area contributed by atoms with Gasteiger partial charge < -0.3 is 4.74 Å². The number of nitrogens with zero attached hydrogens (tertiary/aromatic N) is 1. The van der Waals surface area contributed by atoms with Gasteiger partial charge in [-0.3, -0.25) is 10.3 Å². The van der Waals surface area contributed by atoms with Gasteiger partial charge in [0.1, 0.15) is 5.75 Å². The first kappa shape index (κ1) is 12.1. The molecule has 0 radical (unpaired) electrons. The molecule has 2 rings (SSSR count). The largest absolute Gasteiger partial charge is 0.417 e. The van der Waals surface area contributed by atoms with E-state index in [1.54, 1.807) is 24.4 Å². The van der Waals surface area contributed by atoms with Crippen LogP contribution in [0.25, 0.3) is 0 Å².